The summed E-state index contributed by atoms with van der Waals surface area (Å²) in [4.78, 5) is 10.6. The van der Waals surface area contributed by atoms with Gasteiger partial charge in [-0.3, -0.25) is 0 Å². The molecule has 1 saturated heterocycles. The van der Waals surface area contributed by atoms with E-state index in [9.17, 15) is 9.90 Å². The number of aliphatic hydroxyl groups excluding tert-OH is 4. The maximum Gasteiger partial charge on any atom is 1.00 e. The molecule has 1 radical (unpaired) electrons. The SMILES string of the molecule is O=C([Se])c1ccccc1.OCC1OC([S-])C(O)C(O)C1O.[Au+]. The van der Waals surface area contributed by atoms with Gasteiger partial charge in [0.15, 0.2) is 0 Å². The van der Waals surface area contributed by atoms with Gasteiger partial charge in [0.2, 0.25) is 0 Å². The van der Waals surface area contributed by atoms with Crippen molar-refractivity contribution in [2.45, 2.75) is 29.9 Å². The van der Waals surface area contributed by atoms with Crippen LogP contribution in [0.5, 0.6) is 0 Å². The molecule has 1 heterocycles. The minimum absolute atomic E-state index is 0. The average molecular weight is 576 g/mol. The molecule has 1 fully saturated rings. The van der Waals surface area contributed by atoms with Crippen molar-refractivity contribution in [3.63, 3.8) is 0 Å². The molecule has 22 heavy (non-hydrogen) atoms. The molecule has 0 saturated carbocycles. The van der Waals surface area contributed by atoms with E-state index < -0.39 is 36.5 Å². The standard InChI is InChI=1S/C7H5OSe.C6H12O5S.Au/c8-7(9)6-4-2-1-3-5-6;7-1-2-3(8)4(9)5(10)6(12)11-2;/h1-5H;2-10,12H,1H2;/q;;+1/p-1. The van der Waals surface area contributed by atoms with Gasteiger partial charge in [-0.15, -0.1) is 0 Å². The van der Waals surface area contributed by atoms with E-state index >= 15 is 0 Å². The molecule has 0 amide bonds. The summed E-state index contributed by atoms with van der Waals surface area (Å²) in [5.74, 6) is 0. The number of rotatable bonds is 2. The number of benzene rings is 1. The Morgan fingerprint density at radius 2 is 1.68 bits per heavy atom. The molecule has 1 aromatic rings. The van der Waals surface area contributed by atoms with Crippen LogP contribution in [0.1, 0.15) is 10.4 Å². The fraction of sp³-hybridized carbons (Fsp3) is 0.462. The molecule has 1 aliphatic rings. The van der Waals surface area contributed by atoms with E-state index in [1.54, 1.807) is 12.1 Å². The Kier molecular flexibility index (Phi) is 11.1. The number of carbonyl (C=O) groups excluding carboxylic acids is 1. The summed E-state index contributed by atoms with van der Waals surface area (Å²) in [6.45, 7) is -0.432. The first-order valence-corrected chi connectivity index (χ1v) is 7.44. The molecule has 5 atom stereocenters. The van der Waals surface area contributed by atoms with Gasteiger partial charge < -0.3 is 37.8 Å². The van der Waals surface area contributed by atoms with Crippen molar-refractivity contribution >= 4 is 33.3 Å². The summed E-state index contributed by atoms with van der Waals surface area (Å²) in [6, 6.07) is 9.11. The second-order valence-corrected chi connectivity index (χ2v) is 5.59. The summed E-state index contributed by atoms with van der Waals surface area (Å²) in [5.41, 5.74) is -0.266. The summed E-state index contributed by atoms with van der Waals surface area (Å²) < 4.78 is 4.83. The first kappa shape index (κ1) is 22.3. The predicted octanol–water partition coefficient (Wildman–Crippen LogP) is -1.67. The van der Waals surface area contributed by atoms with Crippen LogP contribution in [-0.4, -0.2) is 77.6 Å². The third kappa shape index (κ3) is 6.43. The largest absolute Gasteiger partial charge is 1.00 e. The summed E-state index contributed by atoms with van der Waals surface area (Å²) >= 11 is 7.05. The summed E-state index contributed by atoms with van der Waals surface area (Å²) in [5, 5.41) is 36.1. The number of aliphatic hydroxyl groups is 4. The van der Waals surface area contributed by atoms with Crippen LogP contribution in [0, 0.1) is 0 Å². The van der Waals surface area contributed by atoms with Crippen LogP contribution in [0.25, 0.3) is 0 Å². The topological polar surface area (TPSA) is 107 Å². The first-order valence-electron chi connectivity index (χ1n) is 6.11. The number of carbonyl (C=O) groups is 1. The first-order chi connectivity index (χ1) is 9.88. The number of hydrogen-bond donors (Lipinski definition) is 4. The van der Waals surface area contributed by atoms with Gasteiger partial charge in [-0.25, -0.2) is 0 Å². The van der Waals surface area contributed by atoms with Crippen LogP contribution in [-0.2, 0) is 39.7 Å². The number of hydrogen-bond acceptors (Lipinski definition) is 7. The van der Waals surface area contributed by atoms with E-state index in [0.29, 0.717) is 0 Å². The van der Waals surface area contributed by atoms with Crippen LogP contribution >= 0.6 is 0 Å². The molecule has 9 heteroatoms. The second-order valence-electron chi connectivity index (χ2n) is 4.35. The van der Waals surface area contributed by atoms with Crippen LogP contribution in [0.3, 0.4) is 0 Å². The van der Waals surface area contributed by atoms with Crippen molar-refractivity contribution in [1.82, 2.24) is 0 Å². The van der Waals surface area contributed by atoms with E-state index in [1.807, 2.05) is 18.2 Å². The zero-order chi connectivity index (χ0) is 16.0. The van der Waals surface area contributed by atoms with Gasteiger partial charge in [-0.1, -0.05) is 0 Å². The Morgan fingerprint density at radius 1 is 1.14 bits per heavy atom. The maximum atomic E-state index is 10.6. The van der Waals surface area contributed by atoms with Gasteiger partial charge in [0, 0.05) is 0 Å². The van der Waals surface area contributed by atoms with Crippen molar-refractivity contribution in [3.05, 3.63) is 35.9 Å². The van der Waals surface area contributed by atoms with E-state index in [0.717, 1.165) is 5.56 Å². The monoisotopic (exact) mass is 577 g/mol. The maximum absolute atomic E-state index is 10.6. The second kappa shape index (κ2) is 11.0. The molecular formula is C13H16AuO6SSe. The Morgan fingerprint density at radius 3 is 2.09 bits per heavy atom. The minimum atomic E-state index is -1.35. The van der Waals surface area contributed by atoms with E-state index in [4.69, 9.17) is 20.1 Å². The molecule has 5 unspecified atom stereocenters. The van der Waals surface area contributed by atoms with Gasteiger partial charge in [0.05, 0.1) is 12.7 Å². The molecule has 0 spiro atoms. The molecule has 0 aliphatic carbocycles. The van der Waals surface area contributed by atoms with Crippen LogP contribution < -0.4 is 0 Å². The van der Waals surface area contributed by atoms with Gasteiger partial charge in [0.25, 0.3) is 0 Å². The van der Waals surface area contributed by atoms with Crippen LogP contribution in [0.4, 0.5) is 0 Å². The zero-order valence-corrected chi connectivity index (χ0v) is 15.9. The van der Waals surface area contributed by atoms with E-state index in [1.165, 1.54) is 0 Å². The fourth-order valence-electron chi connectivity index (χ4n) is 1.64. The fourth-order valence-corrected chi connectivity index (χ4v) is 2.23. The van der Waals surface area contributed by atoms with Crippen LogP contribution in [0.2, 0.25) is 0 Å². The Balaban J connectivity index is 0.000000397. The Labute approximate surface area is 157 Å². The molecular weight excluding hydrogens is 560 g/mol. The summed E-state index contributed by atoms with van der Waals surface area (Å²) in [7, 11) is 0. The minimum Gasteiger partial charge on any atom is -0.759 e. The quantitative estimate of drug-likeness (QED) is 0.247. The molecule has 4 N–H and O–H groups in total. The smallest absolute Gasteiger partial charge is 0.759 e. The van der Waals surface area contributed by atoms with Gasteiger partial charge >= 0.3 is 83.8 Å². The van der Waals surface area contributed by atoms with Gasteiger partial charge in [-0.2, -0.15) is 0 Å². The van der Waals surface area contributed by atoms with Crippen molar-refractivity contribution in [1.29, 1.82) is 0 Å². The molecule has 2 rings (SSSR count). The Bertz CT molecular complexity index is 447. The normalized spacial score (nSPS) is 30.5. The van der Waals surface area contributed by atoms with E-state index in [2.05, 4.69) is 28.6 Å². The average Bonchev–Trinajstić information content (AvgIpc) is 2.50. The zero-order valence-electron chi connectivity index (χ0n) is 11.2. The summed E-state index contributed by atoms with van der Waals surface area (Å²) in [6.07, 6.45) is -4.83. The molecule has 127 valence electrons. The number of ether oxygens (including phenoxy) is 1. The van der Waals surface area contributed by atoms with Gasteiger partial charge in [-0.05, 0) is 5.44 Å². The predicted molar refractivity (Wildman–Crippen MR) is 77.7 cm³/mol. The van der Waals surface area contributed by atoms with Gasteiger partial charge in [0.1, 0.15) is 18.3 Å². The van der Waals surface area contributed by atoms with Crippen molar-refractivity contribution < 1.29 is 52.3 Å². The molecule has 0 aromatic heterocycles. The third-order valence-electron chi connectivity index (χ3n) is 2.86. The third-order valence-corrected chi connectivity index (χ3v) is 3.74. The van der Waals surface area contributed by atoms with Crippen molar-refractivity contribution in [3.8, 4) is 0 Å². The van der Waals surface area contributed by atoms with E-state index in [-0.39, 0.29) is 27.1 Å². The molecule has 6 nitrogen and oxygen atoms in total. The molecule has 1 aliphatic heterocycles. The van der Waals surface area contributed by atoms with Crippen molar-refractivity contribution in [2.75, 3.05) is 6.61 Å². The van der Waals surface area contributed by atoms with Crippen molar-refractivity contribution in [2.24, 2.45) is 0 Å². The molecule has 1 aromatic carbocycles. The molecule has 0 bridgehead atoms. The Hall–Kier alpha value is 0.300. The van der Waals surface area contributed by atoms with Crippen LogP contribution in [0.15, 0.2) is 30.3 Å².